The quantitative estimate of drug-likeness (QED) is 0.377. The summed E-state index contributed by atoms with van der Waals surface area (Å²) in [5.41, 5.74) is 0.519. The molecule has 3 aliphatic heterocycles. The molecule has 3 atom stereocenters. The number of carbonyl (C=O) groups excluding carboxylic acids is 1. The lowest BCUT2D eigenvalue weighted by Gasteiger charge is -2.44. The van der Waals surface area contributed by atoms with Crippen molar-refractivity contribution >= 4 is 23.2 Å². The minimum absolute atomic E-state index is 0.0243. The maximum Gasteiger partial charge on any atom is 0.257 e. The molecule has 228 valence electrons. The van der Waals surface area contributed by atoms with Crippen molar-refractivity contribution in [3.8, 4) is 0 Å². The zero-order valence-electron chi connectivity index (χ0n) is 23.7. The fourth-order valence-corrected chi connectivity index (χ4v) is 6.58. The van der Waals surface area contributed by atoms with Crippen molar-refractivity contribution in [2.24, 2.45) is 0 Å². The number of amides is 1. The first-order valence-corrected chi connectivity index (χ1v) is 14.7. The number of halogens is 3. The molecular weight excluding hydrogens is 582 g/mol. The fourth-order valence-electron chi connectivity index (χ4n) is 6.45. The van der Waals surface area contributed by atoms with E-state index in [0.717, 1.165) is 6.07 Å². The third kappa shape index (κ3) is 4.97. The van der Waals surface area contributed by atoms with Crippen LogP contribution in [0.25, 0.3) is 0 Å². The van der Waals surface area contributed by atoms with Gasteiger partial charge in [0.2, 0.25) is 5.72 Å². The number of ether oxygens (including phenoxy) is 3. The summed E-state index contributed by atoms with van der Waals surface area (Å²) in [6, 6.07) is 9.12. The average molecular weight is 615 g/mol. The molecule has 1 unspecified atom stereocenters. The van der Waals surface area contributed by atoms with Crippen molar-refractivity contribution in [2.45, 2.75) is 62.3 Å². The predicted molar refractivity (Wildman–Crippen MR) is 153 cm³/mol. The highest BCUT2D eigenvalue weighted by molar-refractivity contribution is 6.30. The van der Waals surface area contributed by atoms with Gasteiger partial charge in [-0.1, -0.05) is 30.7 Å². The Hall–Kier alpha value is -3.22. The van der Waals surface area contributed by atoms with Crippen LogP contribution in [0.5, 0.6) is 0 Å². The minimum atomic E-state index is -2.08. The topological polar surface area (TPSA) is 120 Å². The third-order valence-electron chi connectivity index (χ3n) is 8.79. The molecule has 3 N–H and O–H groups in total. The lowest BCUT2D eigenvalue weighted by Crippen LogP contribution is -2.51. The van der Waals surface area contributed by atoms with Gasteiger partial charge in [0, 0.05) is 43.2 Å². The Morgan fingerprint density at radius 3 is 2.49 bits per heavy atom. The van der Waals surface area contributed by atoms with Gasteiger partial charge >= 0.3 is 0 Å². The largest absolute Gasteiger partial charge is 0.396 e. The van der Waals surface area contributed by atoms with E-state index in [2.05, 4.69) is 9.97 Å². The molecule has 12 heteroatoms. The van der Waals surface area contributed by atoms with Crippen LogP contribution in [0, 0.1) is 5.82 Å². The second-order valence-corrected chi connectivity index (χ2v) is 11.7. The summed E-state index contributed by atoms with van der Waals surface area (Å²) in [6.45, 7) is 2.40. The number of hydrogen-bond donors (Lipinski definition) is 2. The van der Waals surface area contributed by atoms with E-state index in [0.29, 0.717) is 29.3 Å². The van der Waals surface area contributed by atoms with Gasteiger partial charge in [0.1, 0.15) is 22.9 Å². The van der Waals surface area contributed by atoms with Crippen LogP contribution < -0.4 is 5.73 Å². The summed E-state index contributed by atoms with van der Waals surface area (Å²) in [5, 5.41) is 12.3. The van der Waals surface area contributed by atoms with Gasteiger partial charge in [-0.05, 0) is 42.7 Å². The summed E-state index contributed by atoms with van der Waals surface area (Å²) in [5.74, 6) is -1.17. The number of fused-ring (bicyclic) bond motifs is 1. The predicted octanol–water partition coefficient (Wildman–Crippen LogP) is 4.63. The van der Waals surface area contributed by atoms with Crippen molar-refractivity contribution in [3.63, 3.8) is 0 Å². The van der Waals surface area contributed by atoms with E-state index in [-0.39, 0.29) is 68.1 Å². The number of aromatic nitrogens is 2. The van der Waals surface area contributed by atoms with Crippen molar-refractivity contribution in [3.05, 3.63) is 87.7 Å². The molecule has 2 aromatic carbocycles. The Morgan fingerprint density at radius 1 is 1.16 bits per heavy atom. The highest BCUT2D eigenvalue weighted by Crippen LogP contribution is 2.52. The third-order valence-corrected chi connectivity index (χ3v) is 9.04. The number of alkyl halides is 1. The molecule has 0 radical (unpaired) electrons. The molecule has 2 saturated heterocycles. The lowest BCUT2D eigenvalue weighted by atomic mass is 9.72. The Morgan fingerprint density at radius 2 is 1.86 bits per heavy atom. The van der Waals surface area contributed by atoms with Gasteiger partial charge in [-0.2, -0.15) is 0 Å². The molecular formula is C31H33ClF2N4O5. The highest BCUT2D eigenvalue weighted by atomic mass is 35.5. The summed E-state index contributed by atoms with van der Waals surface area (Å²) < 4.78 is 50.8. The van der Waals surface area contributed by atoms with Crippen LogP contribution in [0.3, 0.4) is 0 Å². The Kier molecular flexibility index (Phi) is 7.89. The SMILES string of the molecule is CCC(O)(c1cc(F)c2c(c1)C(=O)N(Cc1ncc(N)cn1)[C@@]2(O[C@H]1CCOC1)c1ccc(Cl)cc1)C1(F)CCOCC1. The van der Waals surface area contributed by atoms with E-state index >= 15 is 8.78 Å². The summed E-state index contributed by atoms with van der Waals surface area (Å²) in [4.78, 5) is 24.3. The molecule has 4 heterocycles. The van der Waals surface area contributed by atoms with Gasteiger partial charge in [0.05, 0.1) is 48.5 Å². The second-order valence-electron chi connectivity index (χ2n) is 11.3. The standard InChI is InChI=1S/C31H33ClF2N4O5/c1-2-30(40,29(34)8-11-41-12-9-29)20-13-24-27(25(33)14-20)31(43-23-7-10-42-18-23,19-3-5-21(32)6-4-19)38(28(24)39)17-26-36-15-22(35)16-37-26/h3-6,13-16,23,40H,2,7-12,17-18,35H2,1H3/t23-,30?,31+/m0/s1. The number of hydrogen-bond acceptors (Lipinski definition) is 8. The number of nitrogens with two attached hydrogens (primary N) is 1. The molecule has 0 spiro atoms. The van der Waals surface area contributed by atoms with Crippen LogP contribution in [0.2, 0.25) is 5.02 Å². The summed E-state index contributed by atoms with van der Waals surface area (Å²) in [6.07, 6.45) is 2.70. The second kappa shape index (κ2) is 11.4. The van der Waals surface area contributed by atoms with Crippen molar-refractivity contribution in [2.75, 3.05) is 32.2 Å². The van der Waals surface area contributed by atoms with Crippen LogP contribution >= 0.6 is 11.6 Å². The van der Waals surface area contributed by atoms with E-state index in [4.69, 9.17) is 31.5 Å². The average Bonchev–Trinajstić information content (AvgIpc) is 3.60. The monoisotopic (exact) mass is 614 g/mol. The molecule has 6 rings (SSSR count). The molecule has 43 heavy (non-hydrogen) atoms. The molecule has 0 aliphatic carbocycles. The number of nitrogens with zero attached hydrogens (tertiary/aromatic N) is 3. The Labute approximate surface area is 252 Å². The van der Waals surface area contributed by atoms with Crippen LogP contribution in [-0.2, 0) is 32.1 Å². The molecule has 0 saturated carbocycles. The summed E-state index contributed by atoms with van der Waals surface area (Å²) in [7, 11) is 0. The fraction of sp³-hybridized carbons (Fsp3) is 0.452. The van der Waals surface area contributed by atoms with Crippen LogP contribution in [0.4, 0.5) is 14.5 Å². The molecule has 9 nitrogen and oxygen atoms in total. The zero-order chi connectivity index (χ0) is 30.4. The zero-order valence-corrected chi connectivity index (χ0v) is 24.4. The molecule has 0 bridgehead atoms. The van der Waals surface area contributed by atoms with Crippen LogP contribution in [0.15, 0.2) is 48.8 Å². The normalized spacial score (nSPS) is 24.6. The molecule has 1 aromatic heterocycles. The van der Waals surface area contributed by atoms with Gasteiger partial charge in [0.25, 0.3) is 5.91 Å². The van der Waals surface area contributed by atoms with E-state index in [1.165, 1.54) is 23.4 Å². The van der Waals surface area contributed by atoms with Gasteiger partial charge in [0.15, 0.2) is 0 Å². The molecule has 3 aliphatic rings. The van der Waals surface area contributed by atoms with Gasteiger partial charge < -0.3 is 25.1 Å². The molecule has 1 amide bonds. The first-order valence-electron chi connectivity index (χ1n) is 14.3. The van der Waals surface area contributed by atoms with E-state index in [1.807, 2.05) is 0 Å². The molecule has 3 aromatic rings. The minimum Gasteiger partial charge on any atom is -0.396 e. The summed E-state index contributed by atoms with van der Waals surface area (Å²) >= 11 is 6.23. The van der Waals surface area contributed by atoms with Crippen LogP contribution in [0.1, 0.15) is 65.5 Å². The number of aliphatic hydroxyl groups is 1. The highest BCUT2D eigenvalue weighted by Gasteiger charge is 2.58. The van der Waals surface area contributed by atoms with E-state index < -0.39 is 34.8 Å². The van der Waals surface area contributed by atoms with Gasteiger partial charge in [-0.3, -0.25) is 9.69 Å². The smallest absolute Gasteiger partial charge is 0.257 e. The van der Waals surface area contributed by atoms with E-state index in [1.54, 1.807) is 31.2 Å². The number of anilines is 1. The Bertz CT molecular complexity index is 1500. The van der Waals surface area contributed by atoms with Crippen LogP contribution in [-0.4, -0.2) is 64.1 Å². The lowest BCUT2D eigenvalue weighted by molar-refractivity contribution is -0.155. The maximum atomic E-state index is 16.8. The van der Waals surface area contributed by atoms with Gasteiger partial charge in [-0.15, -0.1) is 0 Å². The first-order chi connectivity index (χ1) is 20.6. The maximum absolute atomic E-state index is 16.8. The van der Waals surface area contributed by atoms with Crippen molar-refractivity contribution < 1.29 is 32.9 Å². The first kappa shape index (κ1) is 29.8. The van der Waals surface area contributed by atoms with Crippen molar-refractivity contribution in [1.82, 2.24) is 14.9 Å². The molecule has 2 fully saturated rings. The number of rotatable bonds is 8. The van der Waals surface area contributed by atoms with Crippen molar-refractivity contribution in [1.29, 1.82) is 0 Å². The van der Waals surface area contributed by atoms with Gasteiger partial charge in [-0.25, -0.2) is 18.7 Å². The number of nitrogen functional groups attached to an aromatic ring is 1. The Balaban J connectivity index is 1.57. The number of benzene rings is 2. The van der Waals surface area contributed by atoms with E-state index in [9.17, 15) is 9.90 Å². The number of carbonyl (C=O) groups is 1.